The Kier molecular flexibility index (Phi) is 3.51. The van der Waals surface area contributed by atoms with E-state index in [2.05, 4.69) is 29.2 Å². The van der Waals surface area contributed by atoms with Crippen molar-refractivity contribution in [3.05, 3.63) is 48.0 Å². The summed E-state index contributed by atoms with van der Waals surface area (Å²) in [6.45, 7) is 0. The molecule has 2 aromatic rings. The minimum atomic E-state index is -0.434. The quantitative estimate of drug-likeness (QED) is 0.485. The van der Waals surface area contributed by atoms with Gasteiger partial charge in [-0.1, -0.05) is 42.5 Å². The lowest BCUT2D eigenvalue weighted by atomic mass is 10.0. The monoisotopic (exact) mass is 217 g/mol. The van der Waals surface area contributed by atoms with Gasteiger partial charge in [0.15, 0.2) is 0 Å². The van der Waals surface area contributed by atoms with Crippen molar-refractivity contribution in [1.29, 1.82) is 0 Å². The zero-order chi connectivity index (χ0) is 11.4. The summed E-state index contributed by atoms with van der Waals surface area (Å²) in [5.41, 5.74) is 6.93. The van der Waals surface area contributed by atoms with Gasteiger partial charge in [0.1, 0.15) is 6.23 Å². The van der Waals surface area contributed by atoms with Crippen LogP contribution in [0.4, 0.5) is 0 Å². The second-order valence-electron chi connectivity index (χ2n) is 3.64. The summed E-state index contributed by atoms with van der Waals surface area (Å²) in [7, 11) is 1.46. The van der Waals surface area contributed by atoms with Crippen LogP contribution in [0, 0.1) is 0 Å². The Balaban J connectivity index is 2.30. The normalized spacial score (nSPS) is 12.9. The number of hydrogen-bond donors (Lipinski definition) is 1. The maximum absolute atomic E-state index is 5.76. The second kappa shape index (κ2) is 5.07. The summed E-state index contributed by atoms with van der Waals surface area (Å²) in [4.78, 5) is 9.44. The Morgan fingerprint density at radius 2 is 1.88 bits per heavy atom. The highest BCUT2D eigenvalue weighted by Gasteiger charge is 2.07. The first kappa shape index (κ1) is 11.1. The van der Waals surface area contributed by atoms with Crippen molar-refractivity contribution in [2.45, 2.75) is 12.6 Å². The van der Waals surface area contributed by atoms with E-state index in [1.807, 2.05) is 18.2 Å². The minimum Gasteiger partial charge on any atom is -0.303 e. The van der Waals surface area contributed by atoms with E-state index in [4.69, 9.17) is 10.6 Å². The van der Waals surface area contributed by atoms with Gasteiger partial charge in [0.05, 0.1) is 7.11 Å². The Labute approximate surface area is 94.7 Å². The van der Waals surface area contributed by atoms with Crippen molar-refractivity contribution < 1.29 is 9.78 Å². The average molecular weight is 217 g/mol. The third-order valence-electron chi connectivity index (χ3n) is 2.52. The van der Waals surface area contributed by atoms with Crippen LogP contribution in [0.15, 0.2) is 42.5 Å². The molecule has 0 spiro atoms. The maximum atomic E-state index is 5.76. The van der Waals surface area contributed by atoms with Crippen LogP contribution in [0.25, 0.3) is 10.8 Å². The molecule has 0 saturated carbocycles. The summed E-state index contributed by atoms with van der Waals surface area (Å²) in [6.07, 6.45) is 0.200. The molecule has 16 heavy (non-hydrogen) atoms. The fraction of sp³-hybridized carbons (Fsp3) is 0.231. The molecule has 3 heteroatoms. The van der Waals surface area contributed by atoms with E-state index in [0.717, 1.165) is 0 Å². The summed E-state index contributed by atoms with van der Waals surface area (Å²) < 4.78 is 0. The minimum absolute atomic E-state index is 0.434. The number of rotatable bonds is 4. The predicted octanol–water partition coefficient (Wildman–Crippen LogP) is 2.25. The third-order valence-corrected chi connectivity index (χ3v) is 2.52. The maximum Gasteiger partial charge on any atom is 0.145 e. The van der Waals surface area contributed by atoms with Crippen molar-refractivity contribution in [3.8, 4) is 0 Å². The van der Waals surface area contributed by atoms with Crippen molar-refractivity contribution in [3.63, 3.8) is 0 Å². The van der Waals surface area contributed by atoms with Crippen LogP contribution < -0.4 is 5.73 Å². The van der Waals surface area contributed by atoms with Gasteiger partial charge >= 0.3 is 0 Å². The van der Waals surface area contributed by atoms with Crippen LogP contribution in [-0.2, 0) is 16.2 Å². The van der Waals surface area contributed by atoms with Crippen LogP contribution in [0.2, 0.25) is 0 Å². The molecule has 0 aromatic heterocycles. The molecule has 0 aliphatic carbocycles. The smallest absolute Gasteiger partial charge is 0.145 e. The van der Waals surface area contributed by atoms with Gasteiger partial charge in [-0.05, 0) is 16.3 Å². The Hall–Kier alpha value is -1.42. The van der Waals surface area contributed by atoms with E-state index in [0.29, 0.717) is 6.42 Å². The molecule has 3 nitrogen and oxygen atoms in total. The zero-order valence-corrected chi connectivity index (χ0v) is 9.22. The summed E-state index contributed by atoms with van der Waals surface area (Å²) >= 11 is 0. The van der Waals surface area contributed by atoms with E-state index in [1.54, 1.807) is 0 Å². The first-order valence-electron chi connectivity index (χ1n) is 5.23. The van der Waals surface area contributed by atoms with Gasteiger partial charge in [-0.25, -0.2) is 9.78 Å². The second-order valence-corrected chi connectivity index (χ2v) is 3.64. The zero-order valence-electron chi connectivity index (χ0n) is 9.22. The first-order valence-corrected chi connectivity index (χ1v) is 5.23. The number of benzene rings is 2. The molecule has 1 atom stereocenters. The Morgan fingerprint density at radius 1 is 1.12 bits per heavy atom. The van der Waals surface area contributed by atoms with E-state index in [-0.39, 0.29) is 0 Å². The molecule has 0 aliphatic heterocycles. The SMILES string of the molecule is COOC(N)Cc1cccc2ccccc12. The largest absolute Gasteiger partial charge is 0.303 e. The summed E-state index contributed by atoms with van der Waals surface area (Å²) in [5, 5.41) is 2.42. The molecule has 0 fully saturated rings. The van der Waals surface area contributed by atoms with Gasteiger partial charge in [0, 0.05) is 6.42 Å². The van der Waals surface area contributed by atoms with E-state index in [9.17, 15) is 0 Å². The lowest BCUT2D eigenvalue weighted by Crippen LogP contribution is -2.26. The fourth-order valence-corrected chi connectivity index (χ4v) is 1.84. The third kappa shape index (κ3) is 2.39. The van der Waals surface area contributed by atoms with Gasteiger partial charge < -0.3 is 5.73 Å². The van der Waals surface area contributed by atoms with Gasteiger partial charge in [-0.3, -0.25) is 0 Å². The van der Waals surface area contributed by atoms with Crippen LogP contribution in [-0.4, -0.2) is 13.3 Å². The lowest BCUT2D eigenvalue weighted by molar-refractivity contribution is -0.302. The van der Waals surface area contributed by atoms with Gasteiger partial charge in [0.2, 0.25) is 0 Å². The van der Waals surface area contributed by atoms with Gasteiger partial charge in [-0.2, -0.15) is 0 Å². The highest BCUT2D eigenvalue weighted by molar-refractivity contribution is 5.85. The van der Waals surface area contributed by atoms with Crippen molar-refractivity contribution in [2.24, 2.45) is 5.73 Å². The topological polar surface area (TPSA) is 44.5 Å². The van der Waals surface area contributed by atoms with E-state index >= 15 is 0 Å². The molecular weight excluding hydrogens is 202 g/mol. The number of fused-ring (bicyclic) bond motifs is 1. The molecule has 0 aliphatic rings. The molecule has 0 saturated heterocycles. The molecule has 0 bridgehead atoms. The fourth-order valence-electron chi connectivity index (χ4n) is 1.84. The molecule has 0 amide bonds. The van der Waals surface area contributed by atoms with Crippen LogP contribution in [0.5, 0.6) is 0 Å². The summed E-state index contributed by atoms with van der Waals surface area (Å²) in [6, 6.07) is 14.4. The molecule has 0 radical (unpaired) electrons. The molecule has 2 N–H and O–H groups in total. The Bertz CT molecular complexity index is 465. The molecule has 0 heterocycles. The molecular formula is C13H15NO2. The number of nitrogens with two attached hydrogens (primary N) is 1. The molecule has 2 aromatic carbocycles. The van der Waals surface area contributed by atoms with Gasteiger partial charge in [-0.15, -0.1) is 0 Å². The van der Waals surface area contributed by atoms with Crippen LogP contribution in [0.3, 0.4) is 0 Å². The first-order chi connectivity index (χ1) is 7.81. The van der Waals surface area contributed by atoms with E-state index in [1.165, 1.54) is 23.4 Å². The van der Waals surface area contributed by atoms with Gasteiger partial charge in [0.25, 0.3) is 0 Å². The average Bonchev–Trinajstić information content (AvgIpc) is 2.30. The predicted molar refractivity (Wildman–Crippen MR) is 63.7 cm³/mol. The van der Waals surface area contributed by atoms with Crippen molar-refractivity contribution in [2.75, 3.05) is 7.11 Å². The lowest BCUT2D eigenvalue weighted by Gasteiger charge is -2.11. The van der Waals surface area contributed by atoms with Crippen LogP contribution >= 0.6 is 0 Å². The molecule has 84 valence electrons. The highest BCUT2D eigenvalue weighted by Crippen LogP contribution is 2.19. The van der Waals surface area contributed by atoms with Crippen molar-refractivity contribution in [1.82, 2.24) is 0 Å². The number of hydrogen-bond acceptors (Lipinski definition) is 3. The summed E-state index contributed by atoms with van der Waals surface area (Å²) in [5.74, 6) is 0. The molecule has 2 rings (SSSR count). The van der Waals surface area contributed by atoms with E-state index < -0.39 is 6.23 Å². The molecule has 1 unspecified atom stereocenters. The van der Waals surface area contributed by atoms with Crippen molar-refractivity contribution >= 4 is 10.8 Å². The standard InChI is InChI=1S/C13H15NO2/c1-15-16-13(14)9-11-7-4-6-10-5-2-3-8-12(10)11/h2-8,13H,9,14H2,1H3. The van der Waals surface area contributed by atoms with Crippen LogP contribution in [0.1, 0.15) is 5.56 Å². The Morgan fingerprint density at radius 3 is 2.69 bits per heavy atom. The highest BCUT2D eigenvalue weighted by atomic mass is 17.2.